The molecular weight excluding hydrogens is 168 g/mol. The maximum absolute atomic E-state index is 11.2. The molecule has 0 unspecified atom stereocenters. The summed E-state index contributed by atoms with van der Waals surface area (Å²) in [6, 6.07) is 4.88. The Bertz CT molecular complexity index is 410. The second-order valence-corrected chi connectivity index (χ2v) is 2.72. The summed E-state index contributed by atoms with van der Waals surface area (Å²) in [4.78, 5) is 25.2. The number of benzene rings is 1. The number of rotatable bonds is 1. The molecule has 1 aliphatic heterocycles. The van der Waals surface area contributed by atoms with Gasteiger partial charge >= 0.3 is 0 Å². The zero-order valence-corrected chi connectivity index (χ0v) is 6.73. The summed E-state index contributed by atoms with van der Waals surface area (Å²) in [5.41, 5.74) is 1.49. The number of hydrogen-bond acceptors (Lipinski definition) is 3. The topological polar surface area (TPSA) is 58.9 Å². The minimum absolute atomic E-state index is 0.299. The Labute approximate surface area is 74.3 Å². The Kier molecular flexibility index (Phi) is 1.73. The van der Waals surface area contributed by atoms with Crippen molar-refractivity contribution in [3.8, 4) is 0 Å². The third kappa shape index (κ3) is 1.16. The number of nitroso groups, excluding NO2 is 1. The normalized spacial score (nSPS) is 14.0. The smallest absolute Gasteiger partial charge is 0.267 e. The molecular formula is C9H6N2O2. The standard InChI is InChI=1S/C9H6N2O2/c12-9-7-2-1-3-8(11-13)6(7)4-5-10-9/h1-3,5H,4H2. The number of amides is 1. The molecule has 0 spiro atoms. The number of hydrogen-bond donors (Lipinski definition) is 0. The van der Waals surface area contributed by atoms with Crippen LogP contribution in [0.5, 0.6) is 0 Å². The van der Waals surface area contributed by atoms with Gasteiger partial charge in [-0.1, -0.05) is 6.07 Å². The number of nitrogens with zero attached hydrogens (tertiary/aromatic N) is 2. The van der Waals surface area contributed by atoms with Gasteiger partial charge in [0.1, 0.15) is 5.69 Å². The van der Waals surface area contributed by atoms with E-state index in [2.05, 4.69) is 10.2 Å². The van der Waals surface area contributed by atoms with Crippen LogP contribution in [0, 0.1) is 4.91 Å². The van der Waals surface area contributed by atoms with E-state index in [4.69, 9.17) is 0 Å². The van der Waals surface area contributed by atoms with Gasteiger partial charge in [0, 0.05) is 18.2 Å². The van der Waals surface area contributed by atoms with Crippen molar-refractivity contribution in [3.05, 3.63) is 34.2 Å². The van der Waals surface area contributed by atoms with E-state index in [-0.39, 0.29) is 5.91 Å². The lowest BCUT2D eigenvalue weighted by atomic mass is 10.0. The Balaban J connectivity index is 2.65. The predicted molar refractivity (Wildman–Crippen MR) is 48.4 cm³/mol. The number of carbonyl (C=O) groups is 1. The van der Waals surface area contributed by atoms with Crippen LogP contribution >= 0.6 is 0 Å². The largest absolute Gasteiger partial charge is 0.277 e. The summed E-state index contributed by atoms with van der Waals surface area (Å²) in [6.07, 6.45) is 2.00. The van der Waals surface area contributed by atoms with Crippen LogP contribution in [0.1, 0.15) is 15.9 Å². The maximum Gasteiger partial charge on any atom is 0.277 e. The first-order valence-corrected chi connectivity index (χ1v) is 3.85. The molecule has 0 atom stereocenters. The Hall–Kier alpha value is -1.84. The first-order chi connectivity index (χ1) is 6.33. The zero-order chi connectivity index (χ0) is 9.26. The van der Waals surface area contributed by atoms with E-state index in [1.165, 1.54) is 6.21 Å². The van der Waals surface area contributed by atoms with Crippen molar-refractivity contribution in [2.45, 2.75) is 6.42 Å². The SMILES string of the molecule is O=Nc1cccc2c1CC=NC2=O. The van der Waals surface area contributed by atoms with E-state index in [9.17, 15) is 9.70 Å². The van der Waals surface area contributed by atoms with Crippen LogP contribution in [0.2, 0.25) is 0 Å². The molecule has 2 rings (SSSR count). The van der Waals surface area contributed by atoms with Gasteiger partial charge in [0.05, 0.1) is 0 Å². The minimum atomic E-state index is -0.299. The first kappa shape index (κ1) is 7.79. The van der Waals surface area contributed by atoms with E-state index in [1.807, 2.05) is 0 Å². The fourth-order valence-corrected chi connectivity index (χ4v) is 1.36. The summed E-state index contributed by atoms with van der Waals surface area (Å²) < 4.78 is 0. The minimum Gasteiger partial charge on any atom is -0.267 e. The molecule has 4 nitrogen and oxygen atoms in total. The fraction of sp³-hybridized carbons (Fsp3) is 0.111. The molecule has 4 heteroatoms. The maximum atomic E-state index is 11.2. The van der Waals surface area contributed by atoms with Crippen molar-refractivity contribution < 1.29 is 4.79 Å². The van der Waals surface area contributed by atoms with E-state index in [1.54, 1.807) is 18.2 Å². The molecule has 1 heterocycles. The van der Waals surface area contributed by atoms with Gasteiger partial charge in [0.25, 0.3) is 5.91 Å². The molecule has 0 aromatic heterocycles. The van der Waals surface area contributed by atoms with Gasteiger partial charge in [-0.2, -0.15) is 0 Å². The molecule has 0 aliphatic carbocycles. The Morgan fingerprint density at radius 1 is 1.38 bits per heavy atom. The van der Waals surface area contributed by atoms with Crippen molar-refractivity contribution in [2.24, 2.45) is 10.2 Å². The van der Waals surface area contributed by atoms with Gasteiger partial charge in [0.2, 0.25) is 0 Å². The molecule has 0 saturated heterocycles. The molecule has 0 fully saturated rings. The number of carbonyl (C=O) groups excluding carboxylic acids is 1. The highest BCUT2D eigenvalue weighted by molar-refractivity contribution is 6.04. The quantitative estimate of drug-likeness (QED) is 0.610. The molecule has 13 heavy (non-hydrogen) atoms. The molecule has 0 N–H and O–H groups in total. The predicted octanol–water partition coefficient (Wildman–Crippen LogP) is 1.85. The lowest BCUT2D eigenvalue weighted by Gasteiger charge is -2.09. The molecule has 1 aliphatic rings. The van der Waals surface area contributed by atoms with Gasteiger partial charge < -0.3 is 0 Å². The van der Waals surface area contributed by atoms with Gasteiger partial charge in [-0.05, 0) is 22.9 Å². The van der Waals surface area contributed by atoms with Crippen molar-refractivity contribution in [1.82, 2.24) is 0 Å². The van der Waals surface area contributed by atoms with Crippen LogP contribution in [0.15, 0.2) is 28.4 Å². The van der Waals surface area contributed by atoms with Crippen molar-refractivity contribution in [2.75, 3.05) is 0 Å². The molecule has 64 valence electrons. The summed E-state index contributed by atoms with van der Waals surface area (Å²) in [6.45, 7) is 0. The van der Waals surface area contributed by atoms with Crippen LogP contribution in [-0.4, -0.2) is 12.1 Å². The molecule has 1 aromatic carbocycles. The third-order valence-corrected chi connectivity index (χ3v) is 1.98. The molecule has 1 aromatic rings. The zero-order valence-electron chi connectivity index (χ0n) is 6.73. The van der Waals surface area contributed by atoms with Gasteiger partial charge in [-0.25, -0.2) is 4.99 Å². The lowest BCUT2D eigenvalue weighted by molar-refractivity contribution is 0.100. The van der Waals surface area contributed by atoms with Crippen LogP contribution < -0.4 is 0 Å². The number of fused-ring (bicyclic) bond motifs is 1. The Morgan fingerprint density at radius 2 is 2.23 bits per heavy atom. The summed E-state index contributed by atoms with van der Waals surface area (Å²) in [7, 11) is 0. The first-order valence-electron chi connectivity index (χ1n) is 3.85. The molecule has 0 radical (unpaired) electrons. The number of aliphatic imine (C=N–C) groups is 1. The van der Waals surface area contributed by atoms with Gasteiger partial charge in [-0.15, -0.1) is 4.91 Å². The average Bonchev–Trinajstić information content (AvgIpc) is 2.18. The monoisotopic (exact) mass is 174 g/mol. The molecule has 0 saturated carbocycles. The highest BCUT2D eigenvalue weighted by Crippen LogP contribution is 2.25. The highest BCUT2D eigenvalue weighted by atomic mass is 16.3. The Morgan fingerprint density at radius 3 is 3.00 bits per heavy atom. The van der Waals surface area contributed by atoms with Crippen LogP contribution in [0.25, 0.3) is 0 Å². The average molecular weight is 174 g/mol. The molecule has 0 bridgehead atoms. The van der Waals surface area contributed by atoms with E-state index in [0.717, 1.165) is 0 Å². The van der Waals surface area contributed by atoms with E-state index >= 15 is 0 Å². The van der Waals surface area contributed by atoms with E-state index < -0.39 is 0 Å². The lowest BCUT2D eigenvalue weighted by Crippen LogP contribution is -2.07. The summed E-state index contributed by atoms with van der Waals surface area (Å²) >= 11 is 0. The van der Waals surface area contributed by atoms with Crippen molar-refractivity contribution in [3.63, 3.8) is 0 Å². The second-order valence-electron chi connectivity index (χ2n) is 2.72. The third-order valence-electron chi connectivity index (χ3n) is 1.98. The van der Waals surface area contributed by atoms with Crippen LogP contribution in [0.3, 0.4) is 0 Å². The van der Waals surface area contributed by atoms with Crippen LogP contribution in [0.4, 0.5) is 5.69 Å². The van der Waals surface area contributed by atoms with Gasteiger partial charge in [-0.3, -0.25) is 4.79 Å². The van der Waals surface area contributed by atoms with Crippen molar-refractivity contribution >= 4 is 17.8 Å². The van der Waals surface area contributed by atoms with Gasteiger partial charge in [0.15, 0.2) is 0 Å². The van der Waals surface area contributed by atoms with E-state index in [0.29, 0.717) is 23.2 Å². The summed E-state index contributed by atoms with van der Waals surface area (Å²) in [5.74, 6) is -0.299. The summed E-state index contributed by atoms with van der Waals surface area (Å²) in [5, 5.41) is 2.85. The fourth-order valence-electron chi connectivity index (χ4n) is 1.36. The molecule has 1 amide bonds. The second kappa shape index (κ2) is 2.90. The van der Waals surface area contributed by atoms with Crippen LogP contribution in [-0.2, 0) is 6.42 Å². The highest BCUT2D eigenvalue weighted by Gasteiger charge is 2.16. The van der Waals surface area contributed by atoms with Crippen molar-refractivity contribution in [1.29, 1.82) is 0 Å².